The van der Waals surface area contributed by atoms with Crippen LogP contribution in [0.5, 0.6) is 0 Å². The smallest absolute Gasteiger partial charge is 0.248 e. The number of hydrogen-bond acceptors (Lipinski definition) is 3. The van der Waals surface area contributed by atoms with E-state index < -0.39 is 21.5 Å². The lowest BCUT2D eigenvalue weighted by Crippen LogP contribution is -2.52. The van der Waals surface area contributed by atoms with Crippen LogP contribution in [0.25, 0.3) is 10.9 Å². The lowest BCUT2D eigenvalue weighted by atomic mass is 9.75. The van der Waals surface area contributed by atoms with Crippen molar-refractivity contribution in [3.8, 4) is 0 Å². The molecule has 0 bridgehead atoms. The summed E-state index contributed by atoms with van der Waals surface area (Å²) in [4.78, 5) is 13.2. The van der Waals surface area contributed by atoms with Gasteiger partial charge in [-0.1, -0.05) is 36.7 Å². The molecule has 2 unspecified atom stereocenters. The summed E-state index contributed by atoms with van der Waals surface area (Å²) in [5, 5.41) is 1.28. The Morgan fingerprint density at radius 2 is 1.87 bits per heavy atom. The first-order valence-electron chi connectivity index (χ1n) is 9.79. The van der Waals surface area contributed by atoms with Crippen molar-refractivity contribution in [2.24, 2.45) is 17.6 Å². The van der Waals surface area contributed by atoms with Crippen LogP contribution in [0.3, 0.4) is 0 Å². The van der Waals surface area contributed by atoms with E-state index in [1.54, 1.807) is 24.3 Å². The molecule has 6 nitrogen and oxygen atoms in total. The van der Waals surface area contributed by atoms with E-state index in [1.165, 1.54) is 0 Å². The van der Waals surface area contributed by atoms with E-state index in [1.807, 2.05) is 35.0 Å². The fraction of sp³-hybridized carbons (Fsp3) is 0.318. The Morgan fingerprint density at radius 1 is 1.20 bits per heavy atom. The van der Waals surface area contributed by atoms with Crippen molar-refractivity contribution in [1.29, 1.82) is 0 Å². The van der Waals surface area contributed by atoms with Crippen molar-refractivity contribution in [3.05, 3.63) is 65.3 Å². The molecule has 1 aromatic heterocycles. The highest BCUT2D eigenvalue weighted by Gasteiger charge is 2.51. The summed E-state index contributed by atoms with van der Waals surface area (Å²) in [6.45, 7) is 2.06. The van der Waals surface area contributed by atoms with Gasteiger partial charge in [-0.3, -0.25) is 9.52 Å². The van der Waals surface area contributed by atoms with Crippen LogP contribution in [0, 0.1) is 11.8 Å². The second kappa shape index (κ2) is 7.32. The van der Waals surface area contributed by atoms with E-state index in [0.717, 1.165) is 30.2 Å². The largest absolute Gasteiger partial charge is 0.367 e. The number of carbonyl (C=O) groups excluding carboxylic acids is 1. The standard InChI is InChI=1S/C22H24ClN3O3S/c1-14(15-6-7-15)22(21(24)27,16-8-10-17(23)11-9-16)26-13-12-18-19(25-30(2,28)29)4-3-5-20(18)26/h3-5,8-15,25H,6-7H2,1-2H3,(H2,24,27). The fourth-order valence-corrected chi connectivity index (χ4v) is 5.22. The highest BCUT2D eigenvalue weighted by Crippen LogP contribution is 2.49. The Hall–Kier alpha value is -2.51. The molecule has 1 saturated carbocycles. The van der Waals surface area contributed by atoms with Gasteiger partial charge in [-0.2, -0.15) is 0 Å². The van der Waals surface area contributed by atoms with Crippen molar-refractivity contribution in [3.63, 3.8) is 0 Å². The van der Waals surface area contributed by atoms with Crippen molar-refractivity contribution >= 4 is 44.1 Å². The SMILES string of the molecule is CC(C1CC1)C(C(N)=O)(c1ccc(Cl)cc1)n1ccc2c(NS(C)(=O)=O)cccc21. The maximum atomic E-state index is 13.2. The second-order valence-corrected chi connectivity index (χ2v) is 10.2. The summed E-state index contributed by atoms with van der Waals surface area (Å²) >= 11 is 6.11. The summed E-state index contributed by atoms with van der Waals surface area (Å²) in [5.74, 6) is -0.135. The third kappa shape index (κ3) is 3.46. The lowest BCUT2D eigenvalue weighted by Gasteiger charge is -2.39. The Morgan fingerprint density at radius 3 is 2.43 bits per heavy atom. The summed E-state index contributed by atoms with van der Waals surface area (Å²) in [6, 6.07) is 14.4. The van der Waals surface area contributed by atoms with Crippen LogP contribution in [0.1, 0.15) is 25.3 Å². The van der Waals surface area contributed by atoms with E-state index in [-0.39, 0.29) is 5.92 Å². The summed E-state index contributed by atoms with van der Waals surface area (Å²) < 4.78 is 28.1. The minimum Gasteiger partial charge on any atom is -0.367 e. The van der Waals surface area contributed by atoms with Crippen LogP contribution >= 0.6 is 11.6 Å². The highest BCUT2D eigenvalue weighted by atomic mass is 35.5. The molecule has 2 aromatic carbocycles. The van der Waals surface area contributed by atoms with Crippen molar-refractivity contribution in [2.75, 3.05) is 11.0 Å². The van der Waals surface area contributed by atoms with Gasteiger partial charge in [0.05, 0.1) is 17.5 Å². The Balaban J connectivity index is 2.00. The minimum absolute atomic E-state index is 0.0571. The summed E-state index contributed by atoms with van der Waals surface area (Å²) in [7, 11) is -3.45. The number of nitrogens with two attached hydrogens (primary N) is 1. The predicted molar refractivity (Wildman–Crippen MR) is 120 cm³/mol. The number of hydrogen-bond donors (Lipinski definition) is 2. The number of sulfonamides is 1. The molecule has 158 valence electrons. The Kier molecular flexibility index (Phi) is 5.06. The molecule has 0 saturated heterocycles. The maximum absolute atomic E-state index is 13.2. The van der Waals surface area contributed by atoms with Gasteiger partial charge in [0, 0.05) is 16.6 Å². The van der Waals surface area contributed by atoms with E-state index in [2.05, 4.69) is 11.6 Å². The van der Waals surface area contributed by atoms with Crippen LogP contribution in [-0.4, -0.2) is 25.1 Å². The minimum atomic E-state index is -3.45. The van der Waals surface area contributed by atoms with Gasteiger partial charge in [0.25, 0.3) is 0 Å². The maximum Gasteiger partial charge on any atom is 0.248 e. The molecule has 3 N–H and O–H groups in total. The van der Waals surface area contributed by atoms with Crippen molar-refractivity contribution in [1.82, 2.24) is 4.57 Å². The number of halogens is 1. The molecular weight excluding hydrogens is 422 g/mol. The second-order valence-electron chi connectivity index (χ2n) is 8.06. The predicted octanol–water partition coefficient (Wildman–Crippen LogP) is 3.94. The molecule has 1 aliphatic rings. The van der Waals surface area contributed by atoms with Gasteiger partial charge >= 0.3 is 0 Å². The molecule has 1 heterocycles. The fourth-order valence-electron chi connectivity index (χ4n) is 4.51. The van der Waals surface area contributed by atoms with Crippen LogP contribution in [0.4, 0.5) is 5.69 Å². The topological polar surface area (TPSA) is 94.2 Å². The molecule has 0 aliphatic heterocycles. The molecule has 1 fully saturated rings. The third-order valence-corrected chi connectivity index (χ3v) is 6.90. The zero-order valence-electron chi connectivity index (χ0n) is 16.8. The molecule has 30 heavy (non-hydrogen) atoms. The number of rotatable bonds is 7. The first-order chi connectivity index (χ1) is 14.1. The first-order valence-corrected chi connectivity index (χ1v) is 12.1. The number of nitrogens with one attached hydrogen (secondary N) is 1. The Bertz CT molecular complexity index is 1220. The van der Waals surface area contributed by atoms with E-state index in [0.29, 0.717) is 22.0 Å². The highest BCUT2D eigenvalue weighted by molar-refractivity contribution is 7.92. The molecule has 8 heteroatoms. The quantitative estimate of drug-likeness (QED) is 0.576. The van der Waals surface area contributed by atoms with Gasteiger partial charge in [0.1, 0.15) is 0 Å². The average molecular weight is 446 g/mol. The number of fused-ring (bicyclic) bond motifs is 1. The number of benzene rings is 2. The zero-order valence-corrected chi connectivity index (χ0v) is 18.4. The Labute approximate surface area is 181 Å². The molecular formula is C22H24ClN3O3S. The van der Waals surface area contributed by atoms with Gasteiger partial charge in [-0.15, -0.1) is 0 Å². The van der Waals surface area contributed by atoms with Crippen LogP contribution in [-0.2, 0) is 20.4 Å². The van der Waals surface area contributed by atoms with Gasteiger partial charge in [0.2, 0.25) is 15.9 Å². The van der Waals surface area contributed by atoms with E-state index in [9.17, 15) is 13.2 Å². The molecule has 0 spiro atoms. The zero-order chi connectivity index (χ0) is 21.7. The average Bonchev–Trinajstić information content (AvgIpc) is 3.43. The molecule has 3 aromatic rings. The molecule has 2 atom stereocenters. The number of anilines is 1. The monoisotopic (exact) mass is 445 g/mol. The third-order valence-electron chi connectivity index (χ3n) is 6.06. The number of primary amides is 1. The molecule has 1 amide bonds. The molecule has 4 rings (SSSR count). The van der Waals surface area contributed by atoms with Gasteiger partial charge in [0.15, 0.2) is 5.54 Å². The van der Waals surface area contributed by atoms with Crippen LogP contribution in [0.15, 0.2) is 54.7 Å². The normalized spacial score (nSPS) is 17.4. The van der Waals surface area contributed by atoms with Crippen molar-refractivity contribution in [2.45, 2.75) is 25.3 Å². The van der Waals surface area contributed by atoms with Gasteiger partial charge < -0.3 is 10.3 Å². The number of carbonyl (C=O) groups is 1. The van der Waals surface area contributed by atoms with Crippen LogP contribution in [0.2, 0.25) is 5.02 Å². The lowest BCUT2D eigenvalue weighted by molar-refractivity contribution is -0.127. The summed E-state index contributed by atoms with van der Waals surface area (Å²) in [5.41, 5.74) is 6.95. The first kappa shape index (κ1) is 20.8. The van der Waals surface area contributed by atoms with E-state index in [4.69, 9.17) is 17.3 Å². The number of amides is 1. The van der Waals surface area contributed by atoms with Gasteiger partial charge in [-0.05, 0) is 60.6 Å². The van der Waals surface area contributed by atoms with Crippen molar-refractivity contribution < 1.29 is 13.2 Å². The van der Waals surface area contributed by atoms with E-state index >= 15 is 0 Å². The van der Waals surface area contributed by atoms with Gasteiger partial charge in [-0.25, -0.2) is 8.42 Å². The number of aromatic nitrogens is 1. The summed E-state index contributed by atoms with van der Waals surface area (Å²) in [6.07, 6.45) is 5.02. The molecule has 0 radical (unpaired) electrons. The van der Waals surface area contributed by atoms with Crippen LogP contribution < -0.4 is 10.5 Å². The number of nitrogens with zero attached hydrogens (tertiary/aromatic N) is 1. The molecule has 1 aliphatic carbocycles.